The van der Waals surface area contributed by atoms with E-state index in [0.29, 0.717) is 23.6 Å². The number of nitrogens with one attached hydrogen (secondary N) is 1. The minimum absolute atomic E-state index is 0.112. The number of nitrogens with zero attached hydrogens (tertiary/aromatic N) is 3. The van der Waals surface area contributed by atoms with E-state index >= 15 is 0 Å². The fourth-order valence-corrected chi connectivity index (χ4v) is 5.01. The smallest absolute Gasteiger partial charge is 0.403 e. The molecule has 1 amide bonds. The summed E-state index contributed by atoms with van der Waals surface area (Å²) >= 11 is 5.93. The van der Waals surface area contributed by atoms with E-state index in [-0.39, 0.29) is 11.4 Å². The molecule has 1 heterocycles. The zero-order chi connectivity index (χ0) is 28.6. The first-order valence-corrected chi connectivity index (χ1v) is 13.9. The molecular formula is C32H31ClN4O4. The monoisotopic (exact) mass is 570 g/mol. The molecule has 4 aromatic carbocycles. The second-order valence-corrected chi connectivity index (χ2v) is 10.4. The van der Waals surface area contributed by atoms with Gasteiger partial charge in [0.25, 0.3) is 0 Å². The molecular weight excluding hydrogens is 540 g/mol. The van der Waals surface area contributed by atoms with Crippen molar-refractivity contribution in [2.45, 2.75) is 13.0 Å². The van der Waals surface area contributed by atoms with Crippen LogP contribution >= 0.6 is 11.6 Å². The van der Waals surface area contributed by atoms with E-state index in [2.05, 4.69) is 63.6 Å². The number of carbonyl (C=O) groups excluding carboxylic acids is 1. The molecule has 4 aromatic rings. The lowest BCUT2D eigenvalue weighted by Crippen LogP contribution is -2.45. The minimum atomic E-state index is -0.737. The quantitative estimate of drug-likeness (QED) is 0.181. The highest BCUT2D eigenvalue weighted by Gasteiger charge is 2.20. The van der Waals surface area contributed by atoms with Crippen LogP contribution in [0, 0.1) is 10.1 Å². The summed E-state index contributed by atoms with van der Waals surface area (Å²) in [6.07, 6.45) is -0.124. The van der Waals surface area contributed by atoms with Crippen LogP contribution in [0.1, 0.15) is 11.1 Å². The topological polar surface area (TPSA) is 88.0 Å². The summed E-state index contributed by atoms with van der Waals surface area (Å²) in [6.45, 7) is 5.31. The van der Waals surface area contributed by atoms with Gasteiger partial charge < -0.3 is 15.0 Å². The summed E-state index contributed by atoms with van der Waals surface area (Å²) < 4.78 is 5.27. The Morgan fingerprint density at radius 2 is 1.51 bits per heavy atom. The maximum Gasteiger partial charge on any atom is 0.412 e. The van der Waals surface area contributed by atoms with Crippen molar-refractivity contribution in [2.24, 2.45) is 0 Å². The Balaban J connectivity index is 1.08. The first-order chi connectivity index (χ1) is 19.9. The summed E-state index contributed by atoms with van der Waals surface area (Å²) in [5.41, 5.74) is 4.72. The minimum Gasteiger partial charge on any atom is -0.403 e. The maximum absolute atomic E-state index is 12.4. The molecule has 5 rings (SSSR count). The SMILES string of the molecule is O=C(NCCc1ccc(CN2CCN(c3ccccc3)CC2)cc1)Oc1ccc(-c2ccc(Cl)cc2)cc1[N+](=O)[O-]. The second kappa shape index (κ2) is 13.3. The van der Waals surface area contributed by atoms with E-state index in [9.17, 15) is 14.9 Å². The van der Waals surface area contributed by atoms with Crippen molar-refractivity contribution in [1.29, 1.82) is 0 Å². The van der Waals surface area contributed by atoms with Crippen LogP contribution < -0.4 is 15.0 Å². The number of piperazine rings is 1. The van der Waals surface area contributed by atoms with E-state index in [1.807, 2.05) is 6.07 Å². The Morgan fingerprint density at radius 3 is 2.20 bits per heavy atom. The summed E-state index contributed by atoms with van der Waals surface area (Å²) in [5.74, 6) is -0.112. The number of anilines is 1. The van der Waals surface area contributed by atoms with E-state index in [0.717, 1.165) is 43.9 Å². The number of hydrogen-bond acceptors (Lipinski definition) is 6. The lowest BCUT2D eigenvalue weighted by molar-refractivity contribution is -0.385. The summed E-state index contributed by atoms with van der Waals surface area (Å²) in [7, 11) is 0. The molecule has 0 atom stereocenters. The Bertz CT molecular complexity index is 1470. The van der Waals surface area contributed by atoms with Crippen LogP contribution in [-0.2, 0) is 13.0 Å². The van der Waals surface area contributed by atoms with E-state index in [1.54, 1.807) is 30.3 Å². The van der Waals surface area contributed by atoms with Gasteiger partial charge in [0.2, 0.25) is 5.75 Å². The molecule has 1 aliphatic rings. The van der Waals surface area contributed by atoms with Crippen molar-refractivity contribution in [1.82, 2.24) is 10.2 Å². The van der Waals surface area contributed by atoms with Gasteiger partial charge >= 0.3 is 11.8 Å². The van der Waals surface area contributed by atoms with E-state index < -0.39 is 11.0 Å². The molecule has 0 bridgehead atoms. The Hall–Kier alpha value is -4.40. The first kappa shape index (κ1) is 28.1. The van der Waals surface area contributed by atoms with Gasteiger partial charge in [0.15, 0.2) is 0 Å². The molecule has 0 radical (unpaired) electrons. The number of hydrogen-bond donors (Lipinski definition) is 1. The molecule has 1 N–H and O–H groups in total. The van der Waals surface area contributed by atoms with Gasteiger partial charge in [-0.3, -0.25) is 15.0 Å². The van der Waals surface area contributed by atoms with Gasteiger partial charge in [0.1, 0.15) is 0 Å². The standard InChI is InChI=1S/C32H31ClN4O4/c33-28-13-10-26(11-14-28)27-12-15-31(30(22-27)37(39)40)41-32(38)34-17-16-24-6-8-25(9-7-24)23-35-18-20-36(21-19-35)29-4-2-1-3-5-29/h1-15,22H,16-21,23H2,(H,34,38). The number of para-hydroxylation sites is 1. The highest BCUT2D eigenvalue weighted by molar-refractivity contribution is 6.30. The lowest BCUT2D eigenvalue weighted by Gasteiger charge is -2.36. The van der Waals surface area contributed by atoms with Gasteiger partial charge in [-0.1, -0.05) is 72.3 Å². The molecule has 0 spiro atoms. The van der Waals surface area contributed by atoms with E-state index in [1.165, 1.54) is 23.4 Å². The van der Waals surface area contributed by atoms with Crippen molar-refractivity contribution < 1.29 is 14.5 Å². The Kier molecular flexibility index (Phi) is 9.13. The Morgan fingerprint density at radius 1 is 0.854 bits per heavy atom. The summed E-state index contributed by atoms with van der Waals surface area (Å²) in [4.78, 5) is 28.3. The van der Waals surface area contributed by atoms with Crippen molar-refractivity contribution in [3.05, 3.63) is 123 Å². The highest BCUT2D eigenvalue weighted by atomic mass is 35.5. The van der Waals surface area contributed by atoms with Crippen LogP contribution in [0.25, 0.3) is 11.1 Å². The molecule has 210 valence electrons. The van der Waals surface area contributed by atoms with Gasteiger partial charge in [0.05, 0.1) is 4.92 Å². The van der Waals surface area contributed by atoms with Crippen LogP contribution in [0.4, 0.5) is 16.2 Å². The summed E-state index contributed by atoms with van der Waals surface area (Å²) in [5, 5.41) is 14.9. The van der Waals surface area contributed by atoms with Crippen LogP contribution in [0.2, 0.25) is 5.02 Å². The molecule has 1 aliphatic heterocycles. The normalized spacial score (nSPS) is 13.5. The predicted molar refractivity (Wildman–Crippen MR) is 162 cm³/mol. The van der Waals surface area contributed by atoms with Gasteiger partial charge in [-0.25, -0.2) is 4.79 Å². The van der Waals surface area contributed by atoms with Gasteiger partial charge in [-0.05, 0) is 59.0 Å². The molecule has 8 nitrogen and oxygen atoms in total. The first-order valence-electron chi connectivity index (χ1n) is 13.5. The molecule has 0 unspecified atom stereocenters. The average molecular weight is 571 g/mol. The number of carbonyl (C=O) groups is 1. The number of rotatable bonds is 9. The zero-order valence-corrected chi connectivity index (χ0v) is 23.3. The van der Waals surface area contributed by atoms with Crippen molar-refractivity contribution in [3.63, 3.8) is 0 Å². The summed E-state index contributed by atoms with van der Waals surface area (Å²) in [6, 6.07) is 30.4. The number of amides is 1. The zero-order valence-electron chi connectivity index (χ0n) is 22.5. The maximum atomic E-state index is 12.4. The number of nitro groups is 1. The van der Waals surface area contributed by atoms with Crippen LogP contribution in [0.5, 0.6) is 5.75 Å². The number of nitro benzene ring substituents is 1. The van der Waals surface area contributed by atoms with Crippen molar-refractivity contribution >= 4 is 29.1 Å². The number of ether oxygens (including phenoxy) is 1. The molecule has 1 saturated heterocycles. The van der Waals surface area contributed by atoms with Crippen LogP contribution in [-0.4, -0.2) is 48.6 Å². The molecule has 0 saturated carbocycles. The molecule has 0 aliphatic carbocycles. The fraction of sp³-hybridized carbons (Fsp3) is 0.219. The van der Waals surface area contributed by atoms with Gasteiger partial charge in [0, 0.05) is 56.0 Å². The number of halogens is 1. The third-order valence-corrected chi connectivity index (χ3v) is 7.39. The predicted octanol–water partition coefficient (Wildman–Crippen LogP) is 6.57. The van der Waals surface area contributed by atoms with Crippen LogP contribution in [0.3, 0.4) is 0 Å². The largest absolute Gasteiger partial charge is 0.412 e. The van der Waals surface area contributed by atoms with E-state index in [4.69, 9.17) is 16.3 Å². The van der Waals surface area contributed by atoms with Crippen molar-refractivity contribution in [2.75, 3.05) is 37.6 Å². The molecule has 9 heteroatoms. The number of benzene rings is 4. The lowest BCUT2D eigenvalue weighted by atomic mass is 10.0. The van der Waals surface area contributed by atoms with Crippen molar-refractivity contribution in [3.8, 4) is 16.9 Å². The van der Waals surface area contributed by atoms with Gasteiger partial charge in [-0.15, -0.1) is 0 Å². The highest BCUT2D eigenvalue weighted by Crippen LogP contribution is 2.33. The van der Waals surface area contributed by atoms with Gasteiger partial charge in [-0.2, -0.15) is 0 Å². The molecule has 1 fully saturated rings. The Labute approximate surface area is 244 Å². The molecule has 41 heavy (non-hydrogen) atoms. The van der Waals surface area contributed by atoms with Crippen LogP contribution in [0.15, 0.2) is 97.1 Å². The second-order valence-electron chi connectivity index (χ2n) is 9.93. The third-order valence-electron chi connectivity index (χ3n) is 7.14. The molecule has 0 aromatic heterocycles. The fourth-order valence-electron chi connectivity index (χ4n) is 4.89. The third kappa shape index (κ3) is 7.63. The average Bonchev–Trinajstić information content (AvgIpc) is 2.99.